The fourth-order valence-electron chi connectivity index (χ4n) is 2.02. The molecule has 0 atom stereocenters. The predicted octanol–water partition coefficient (Wildman–Crippen LogP) is 1.70. The Morgan fingerprint density at radius 3 is 2.68 bits per heavy atom. The van der Waals surface area contributed by atoms with Crippen molar-refractivity contribution in [2.75, 3.05) is 18.6 Å². The van der Waals surface area contributed by atoms with Crippen LogP contribution in [0.1, 0.15) is 13.8 Å². The van der Waals surface area contributed by atoms with Crippen LogP contribution in [0.2, 0.25) is 0 Å². The molecule has 1 fully saturated rings. The second-order valence-corrected chi connectivity index (χ2v) is 5.74. The molecule has 6 heteroatoms. The molecule has 0 aliphatic carbocycles. The molecule has 0 aromatic heterocycles. The number of carbonyl (C=O) groups is 2. The second kappa shape index (κ2) is 4.85. The van der Waals surface area contributed by atoms with Crippen LogP contribution in [0.4, 0.5) is 5.69 Å². The smallest absolute Gasteiger partial charge is 0.252 e. The highest BCUT2D eigenvalue weighted by atomic mass is 79.9. The topological polar surface area (TPSA) is 58.6 Å². The lowest BCUT2D eigenvalue weighted by Crippen LogP contribution is -2.64. The molecule has 19 heavy (non-hydrogen) atoms. The third-order valence-electron chi connectivity index (χ3n) is 2.98. The van der Waals surface area contributed by atoms with Crippen molar-refractivity contribution in [1.82, 2.24) is 5.32 Å². The first-order valence-electron chi connectivity index (χ1n) is 5.81. The van der Waals surface area contributed by atoms with Gasteiger partial charge in [0.2, 0.25) is 5.91 Å². The number of nitrogens with zero attached hydrogens (tertiary/aromatic N) is 1. The van der Waals surface area contributed by atoms with Crippen LogP contribution in [0, 0.1) is 0 Å². The van der Waals surface area contributed by atoms with Gasteiger partial charge in [-0.3, -0.25) is 9.59 Å². The van der Waals surface area contributed by atoms with E-state index < -0.39 is 5.54 Å². The first-order valence-corrected chi connectivity index (χ1v) is 6.61. The maximum Gasteiger partial charge on any atom is 0.252 e. The van der Waals surface area contributed by atoms with E-state index in [0.29, 0.717) is 11.4 Å². The molecule has 1 saturated heterocycles. The Balaban J connectivity index is 2.40. The van der Waals surface area contributed by atoms with Gasteiger partial charge in [0, 0.05) is 11.8 Å². The summed E-state index contributed by atoms with van der Waals surface area (Å²) < 4.78 is 6.00. The molecular formula is C13H15BrN2O3. The number of methoxy groups -OCH3 is 1. The average molecular weight is 327 g/mol. The molecule has 0 radical (unpaired) electrons. The Bertz CT molecular complexity index is 543. The van der Waals surface area contributed by atoms with E-state index in [9.17, 15) is 9.59 Å². The van der Waals surface area contributed by atoms with E-state index in [4.69, 9.17) is 4.74 Å². The molecule has 5 nitrogen and oxygen atoms in total. The molecular weight excluding hydrogens is 312 g/mol. The summed E-state index contributed by atoms with van der Waals surface area (Å²) in [6.45, 7) is 3.40. The van der Waals surface area contributed by atoms with Crippen LogP contribution >= 0.6 is 15.9 Å². The molecule has 2 amide bonds. The van der Waals surface area contributed by atoms with Crippen molar-refractivity contribution in [2.45, 2.75) is 19.4 Å². The van der Waals surface area contributed by atoms with Crippen molar-refractivity contribution in [3.63, 3.8) is 0 Å². The monoisotopic (exact) mass is 326 g/mol. The minimum atomic E-state index is -0.893. The summed E-state index contributed by atoms with van der Waals surface area (Å²) in [5.41, 5.74) is -0.247. The highest BCUT2D eigenvalue weighted by Gasteiger charge is 2.39. The molecule has 1 aliphatic rings. The van der Waals surface area contributed by atoms with Crippen molar-refractivity contribution < 1.29 is 14.3 Å². The van der Waals surface area contributed by atoms with E-state index >= 15 is 0 Å². The van der Waals surface area contributed by atoms with Gasteiger partial charge in [-0.05, 0) is 41.9 Å². The van der Waals surface area contributed by atoms with Crippen molar-refractivity contribution in [3.8, 4) is 5.75 Å². The highest BCUT2D eigenvalue weighted by molar-refractivity contribution is 9.10. The first kappa shape index (κ1) is 13.9. The summed E-state index contributed by atoms with van der Waals surface area (Å²) in [5, 5.41) is 2.67. The second-order valence-electron chi connectivity index (χ2n) is 4.88. The fourth-order valence-corrected chi connectivity index (χ4v) is 2.43. The average Bonchev–Trinajstić information content (AvgIpc) is 2.34. The zero-order valence-corrected chi connectivity index (χ0v) is 12.6. The van der Waals surface area contributed by atoms with E-state index in [1.165, 1.54) is 4.90 Å². The fraction of sp³-hybridized carbons (Fsp3) is 0.385. The zero-order valence-electron chi connectivity index (χ0n) is 11.0. The van der Waals surface area contributed by atoms with Gasteiger partial charge in [0.15, 0.2) is 0 Å². The SMILES string of the molecule is COc1cc(N2CC(=O)NC(C)(C)C2=O)ccc1Br. The van der Waals surface area contributed by atoms with Gasteiger partial charge < -0.3 is 15.0 Å². The number of piperazine rings is 1. The van der Waals surface area contributed by atoms with Crippen LogP contribution < -0.4 is 15.0 Å². The van der Waals surface area contributed by atoms with Gasteiger partial charge in [0.25, 0.3) is 5.91 Å². The number of amides is 2. The third-order valence-corrected chi connectivity index (χ3v) is 3.63. The van der Waals surface area contributed by atoms with Gasteiger partial charge in [-0.25, -0.2) is 0 Å². The van der Waals surface area contributed by atoms with Crippen molar-refractivity contribution in [3.05, 3.63) is 22.7 Å². The van der Waals surface area contributed by atoms with E-state index in [0.717, 1.165) is 4.47 Å². The number of carbonyl (C=O) groups excluding carboxylic acids is 2. The summed E-state index contributed by atoms with van der Waals surface area (Å²) in [6.07, 6.45) is 0. The third kappa shape index (κ3) is 2.58. The molecule has 0 saturated carbocycles. The molecule has 2 rings (SSSR count). The molecule has 0 spiro atoms. The number of hydrogen-bond acceptors (Lipinski definition) is 3. The van der Waals surface area contributed by atoms with Crippen molar-refractivity contribution in [1.29, 1.82) is 0 Å². The van der Waals surface area contributed by atoms with Gasteiger partial charge in [0.05, 0.1) is 11.6 Å². The van der Waals surface area contributed by atoms with Crippen LogP contribution in [0.15, 0.2) is 22.7 Å². The minimum absolute atomic E-state index is 0.0209. The first-order chi connectivity index (χ1) is 8.85. The molecule has 1 N–H and O–H groups in total. The molecule has 1 aromatic rings. The molecule has 1 heterocycles. The largest absolute Gasteiger partial charge is 0.495 e. The van der Waals surface area contributed by atoms with E-state index in [1.807, 2.05) is 0 Å². The minimum Gasteiger partial charge on any atom is -0.495 e. The molecule has 0 unspecified atom stereocenters. The lowest BCUT2D eigenvalue weighted by atomic mass is 10.00. The maximum atomic E-state index is 12.3. The number of nitrogens with one attached hydrogen (secondary N) is 1. The number of halogens is 1. The summed E-state index contributed by atoms with van der Waals surface area (Å²) >= 11 is 3.36. The number of ether oxygens (including phenoxy) is 1. The zero-order chi connectivity index (χ0) is 14.2. The number of hydrogen-bond donors (Lipinski definition) is 1. The Labute approximate surface area is 120 Å². The highest BCUT2D eigenvalue weighted by Crippen LogP contribution is 2.31. The Morgan fingerprint density at radius 1 is 1.37 bits per heavy atom. The van der Waals surface area contributed by atoms with Gasteiger partial charge in [-0.15, -0.1) is 0 Å². The van der Waals surface area contributed by atoms with Crippen LogP contribution in [0.25, 0.3) is 0 Å². The number of anilines is 1. The van der Waals surface area contributed by atoms with Crippen LogP contribution in [-0.4, -0.2) is 31.0 Å². The van der Waals surface area contributed by atoms with Gasteiger partial charge in [-0.2, -0.15) is 0 Å². The predicted molar refractivity (Wildman–Crippen MR) is 75.3 cm³/mol. The normalized spacial score (nSPS) is 18.2. The summed E-state index contributed by atoms with van der Waals surface area (Å²) in [5.74, 6) is 0.303. The van der Waals surface area contributed by atoms with E-state index in [2.05, 4.69) is 21.2 Å². The molecule has 102 valence electrons. The van der Waals surface area contributed by atoms with Crippen LogP contribution in [0.5, 0.6) is 5.75 Å². The molecule has 1 aromatic carbocycles. The molecule has 1 aliphatic heterocycles. The summed E-state index contributed by atoms with van der Waals surface area (Å²) in [7, 11) is 1.55. The van der Waals surface area contributed by atoms with Gasteiger partial charge in [-0.1, -0.05) is 0 Å². The standard InChI is InChI=1S/C13H15BrN2O3/c1-13(2)12(18)16(7-11(17)15-13)8-4-5-9(14)10(6-8)19-3/h4-6H,7H2,1-3H3,(H,15,17). The van der Waals surface area contributed by atoms with Crippen LogP contribution in [-0.2, 0) is 9.59 Å². The van der Waals surface area contributed by atoms with Gasteiger partial charge >= 0.3 is 0 Å². The Hall–Kier alpha value is -1.56. The maximum absolute atomic E-state index is 12.3. The number of rotatable bonds is 2. The van der Waals surface area contributed by atoms with Gasteiger partial charge in [0.1, 0.15) is 17.8 Å². The summed E-state index contributed by atoms with van der Waals surface area (Å²) in [6, 6.07) is 5.30. The number of benzene rings is 1. The van der Waals surface area contributed by atoms with Crippen LogP contribution in [0.3, 0.4) is 0 Å². The van der Waals surface area contributed by atoms with Crippen molar-refractivity contribution in [2.24, 2.45) is 0 Å². The Kier molecular flexibility index (Phi) is 3.54. The summed E-state index contributed by atoms with van der Waals surface area (Å²) in [4.78, 5) is 25.5. The van der Waals surface area contributed by atoms with E-state index in [-0.39, 0.29) is 18.4 Å². The molecule has 0 bridgehead atoms. The lowest BCUT2D eigenvalue weighted by molar-refractivity contribution is -0.134. The van der Waals surface area contributed by atoms with E-state index in [1.54, 1.807) is 39.2 Å². The lowest BCUT2D eigenvalue weighted by Gasteiger charge is -2.37. The Morgan fingerprint density at radius 2 is 2.05 bits per heavy atom. The van der Waals surface area contributed by atoms with Crippen molar-refractivity contribution >= 4 is 33.4 Å². The quantitative estimate of drug-likeness (QED) is 0.899.